The molecule has 1 N–H and O–H groups in total. The van der Waals surface area contributed by atoms with Gasteiger partial charge >= 0.3 is 0 Å². The van der Waals surface area contributed by atoms with Crippen LogP contribution in [0.1, 0.15) is 13.3 Å². The standard InChI is InChI=1S/C10H19NO5S/c1-8-5-11(6-9(7-12)16-8)10(13)3-4-17(2,14)15/h8-9,12H,3-7H2,1-2H3. The molecule has 0 aromatic rings. The molecule has 17 heavy (non-hydrogen) atoms. The maximum Gasteiger partial charge on any atom is 0.223 e. The van der Waals surface area contributed by atoms with Crippen LogP contribution < -0.4 is 0 Å². The fourth-order valence-electron chi connectivity index (χ4n) is 1.78. The van der Waals surface area contributed by atoms with E-state index in [-0.39, 0.29) is 36.9 Å². The molecule has 1 heterocycles. The molecule has 1 rings (SSSR count). The largest absolute Gasteiger partial charge is 0.394 e. The number of amides is 1. The lowest BCUT2D eigenvalue weighted by Crippen LogP contribution is -2.50. The van der Waals surface area contributed by atoms with E-state index < -0.39 is 9.84 Å². The number of hydrogen-bond donors (Lipinski definition) is 1. The van der Waals surface area contributed by atoms with E-state index in [9.17, 15) is 13.2 Å². The average molecular weight is 265 g/mol. The molecule has 1 fully saturated rings. The number of aliphatic hydroxyl groups excluding tert-OH is 1. The number of ether oxygens (including phenoxy) is 1. The highest BCUT2D eigenvalue weighted by atomic mass is 32.2. The first-order valence-electron chi connectivity index (χ1n) is 5.53. The van der Waals surface area contributed by atoms with E-state index in [1.54, 1.807) is 4.90 Å². The Morgan fingerprint density at radius 1 is 1.47 bits per heavy atom. The smallest absolute Gasteiger partial charge is 0.223 e. The van der Waals surface area contributed by atoms with Gasteiger partial charge in [-0.05, 0) is 6.92 Å². The van der Waals surface area contributed by atoms with Crippen molar-refractivity contribution in [1.82, 2.24) is 4.90 Å². The van der Waals surface area contributed by atoms with Crippen molar-refractivity contribution < 1.29 is 23.1 Å². The van der Waals surface area contributed by atoms with Crippen LogP contribution in [0.5, 0.6) is 0 Å². The number of aliphatic hydroxyl groups is 1. The number of carbonyl (C=O) groups is 1. The van der Waals surface area contributed by atoms with Crippen molar-refractivity contribution in [3.63, 3.8) is 0 Å². The maximum atomic E-state index is 11.8. The van der Waals surface area contributed by atoms with Crippen LogP contribution in [0.25, 0.3) is 0 Å². The van der Waals surface area contributed by atoms with E-state index in [4.69, 9.17) is 9.84 Å². The molecule has 1 aliphatic heterocycles. The second kappa shape index (κ2) is 5.79. The predicted molar refractivity (Wildman–Crippen MR) is 62.3 cm³/mol. The quantitative estimate of drug-likeness (QED) is 0.707. The Labute approximate surface area is 101 Å². The van der Waals surface area contributed by atoms with Crippen LogP contribution in [0.2, 0.25) is 0 Å². The normalized spacial score (nSPS) is 25.9. The summed E-state index contributed by atoms with van der Waals surface area (Å²) in [5.41, 5.74) is 0. The first-order valence-corrected chi connectivity index (χ1v) is 7.59. The van der Waals surface area contributed by atoms with Crippen LogP contribution in [-0.4, -0.2) is 68.2 Å². The van der Waals surface area contributed by atoms with Gasteiger partial charge in [0.15, 0.2) is 0 Å². The minimum atomic E-state index is -3.12. The Morgan fingerprint density at radius 3 is 2.65 bits per heavy atom. The summed E-state index contributed by atoms with van der Waals surface area (Å²) in [6.45, 7) is 2.45. The third kappa shape index (κ3) is 5.01. The third-order valence-corrected chi connectivity index (χ3v) is 3.52. The van der Waals surface area contributed by atoms with E-state index in [2.05, 4.69) is 0 Å². The van der Waals surface area contributed by atoms with Gasteiger partial charge < -0.3 is 14.7 Å². The van der Waals surface area contributed by atoms with Crippen molar-refractivity contribution in [1.29, 1.82) is 0 Å². The summed E-state index contributed by atoms with van der Waals surface area (Å²) < 4.78 is 27.3. The second-order valence-electron chi connectivity index (χ2n) is 4.43. The van der Waals surface area contributed by atoms with Gasteiger partial charge in [-0.25, -0.2) is 8.42 Å². The van der Waals surface area contributed by atoms with Crippen molar-refractivity contribution >= 4 is 15.7 Å². The van der Waals surface area contributed by atoms with Crippen LogP contribution in [0.15, 0.2) is 0 Å². The van der Waals surface area contributed by atoms with Crippen LogP contribution >= 0.6 is 0 Å². The van der Waals surface area contributed by atoms with E-state index in [0.717, 1.165) is 6.26 Å². The van der Waals surface area contributed by atoms with Crippen LogP contribution in [-0.2, 0) is 19.4 Å². The van der Waals surface area contributed by atoms with E-state index in [1.165, 1.54) is 0 Å². The zero-order chi connectivity index (χ0) is 13.1. The fraction of sp³-hybridized carbons (Fsp3) is 0.900. The lowest BCUT2D eigenvalue weighted by Gasteiger charge is -2.36. The lowest BCUT2D eigenvalue weighted by atomic mass is 10.2. The molecular formula is C10H19NO5S. The summed E-state index contributed by atoms with van der Waals surface area (Å²) in [6, 6.07) is 0. The number of morpholine rings is 1. The van der Waals surface area contributed by atoms with Crippen molar-refractivity contribution in [3.8, 4) is 0 Å². The number of sulfone groups is 1. The summed E-state index contributed by atoms with van der Waals surface area (Å²) in [7, 11) is -3.12. The molecule has 2 atom stereocenters. The Bertz CT molecular complexity index is 367. The molecular weight excluding hydrogens is 246 g/mol. The van der Waals surface area contributed by atoms with Crippen molar-refractivity contribution in [2.24, 2.45) is 0 Å². The molecule has 1 saturated heterocycles. The summed E-state index contributed by atoms with van der Waals surface area (Å²) in [5, 5.41) is 9.01. The topological polar surface area (TPSA) is 83.9 Å². The molecule has 0 radical (unpaired) electrons. The van der Waals surface area contributed by atoms with Gasteiger partial charge in [0, 0.05) is 25.8 Å². The Balaban J connectivity index is 2.51. The molecule has 7 heteroatoms. The van der Waals surface area contributed by atoms with Gasteiger partial charge in [-0.2, -0.15) is 0 Å². The highest BCUT2D eigenvalue weighted by Gasteiger charge is 2.27. The van der Waals surface area contributed by atoms with Gasteiger partial charge in [-0.3, -0.25) is 4.79 Å². The zero-order valence-electron chi connectivity index (χ0n) is 10.1. The molecule has 1 aliphatic rings. The molecule has 0 aromatic carbocycles. The maximum absolute atomic E-state index is 11.8. The van der Waals surface area contributed by atoms with Gasteiger partial charge in [-0.15, -0.1) is 0 Å². The minimum absolute atomic E-state index is 0.0102. The van der Waals surface area contributed by atoms with E-state index in [0.29, 0.717) is 13.1 Å². The first-order chi connectivity index (χ1) is 7.81. The van der Waals surface area contributed by atoms with Gasteiger partial charge in [0.2, 0.25) is 5.91 Å². The lowest BCUT2D eigenvalue weighted by molar-refractivity contribution is -0.146. The number of carbonyl (C=O) groups excluding carboxylic acids is 1. The third-order valence-electron chi connectivity index (χ3n) is 2.57. The fourth-order valence-corrected chi connectivity index (χ4v) is 2.33. The first kappa shape index (κ1) is 14.4. The summed E-state index contributed by atoms with van der Waals surface area (Å²) >= 11 is 0. The zero-order valence-corrected chi connectivity index (χ0v) is 10.9. The Kier molecular flexibility index (Phi) is 4.91. The number of rotatable bonds is 4. The predicted octanol–water partition coefficient (Wildman–Crippen LogP) is -0.971. The van der Waals surface area contributed by atoms with Gasteiger partial charge in [-0.1, -0.05) is 0 Å². The monoisotopic (exact) mass is 265 g/mol. The number of hydrogen-bond acceptors (Lipinski definition) is 5. The van der Waals surface area contributed by atoms with Crippen molar-refractivity contribution in [3.05, 3.63) is 0 Å². The Hall–Kier alpha value is -0.660. The molecule has 6 nitrogen and oxygen atoms in total. The number of nitrogens with zero attached hydrogens (tertiary/aromatic N) is 1. The summed E-state index contributed by atoms with van der Waals surface area (Å²) in [4.78, 5) is 13.3. The highest BCUT2D eigenvalue weighted by molar-refractivity contribution is 7.90. The van der Waals surface area contributed by atoms with Crippen LogP contribution in [0.4, 0.5) is 0 Å². The molecule has 0 saturated carbocycles. The van der Waals surface area contributed by atoms with Crippen molar-refractivity contribution in [2.75, 3.05) is 31.7 Å². The summed E-state index contributed by atoms with van der Waals surface area (Å²) in [5.74, 6) is -0.342. The second-order valence-corrected chi connectivity index (χ2v) is 6.69. The SMILES string of the molecule is CC1CN(C(=O)CCS(C)(=O)=O)CC(CO)O1. The highest BCUT2D eigenvalue weighted by Crippen LogP contribution is 2.12. The van der Waals surface area contributed by atoms with Gasteiger partial charge in [0.25, 0.3) is 0 Å². The minimum Gasteiger partial charge on any atom is -0.394 e. The molecule has 0 bridgehead atoms. The Morgan fingerprint density at radius 2 is 2.12 bits per heavy atom. The van der Waals surface area contributed by atoms with Crippen molar-refractivity contribution in [2.45, 2.75) is 25.6 Å². The van der Waals surface area contributed by atoms with E-state index >= 15 is 0 Å². The molecule has 0 aromatic heterocycles. The van der Waals surface area contributed by atoms with Gasteiger partial charge in [0.1, 0.15) is 9.84 Å². The van der Waals surface area contributed by atoms with Gasteiger partial charge in [0.05, 0.1) is 24.6 Å². The van der Waals surface area contributed by atoms with Crippen LogP contribution in [0.3, 0.4) is 0 Å². The molecule has 100 valence electrons. The van der Waals surface area contributed by atoms with Crippen LogP contribution in [0, 0.1) is 0 Å². The molecule has 2 unspecified atom stereocenters. The average Bonchev–Trinajstić information content (AvgIpc) is 2.23. The molecule has 1 amide bonds. The molecule has 0 aliphatic carbocycles. The van der Waals surface area contributed by atoms with E-state index in [1.807, 2.05) is 6.92 Å². The molecule has 0 spiro atoms. The summed E-state index contributed by atoms with van der Waals surface area (Å²) in [6.07, 6.45) is 0.589.